The summed E-state index contributed by atoms with van der Waals surface area (Å²) in [6, 6.07) is 0. The van der Waals surface area contributed by atoms with Gasteiger partial charge in [0.2, 0.25) is 0 Å². The Morgan fingerprint density at radius 1 is 1.42 bits per heavy atom. The summed E-state index contributed by atoms with van der Waals surface area (Å²) in [5.74, 6) is 0.254. The lowest BCUT2D eigenvalue weighted by Gasteiger charge is -2.40. The van der Waals surface area contributed by atoms with Crippen LogP contribution in [0.2, 0.25) is 0 Å². The van der Waals surface area contributed by atoms with Crippen molar-refractivity contribution >= 4 is 5.84 Å². The standard InChI is InChI=1S/C8H18N4/c1-8(2,7(9)10)12-5-3-11-4-6-12/h11H,3-6H2,1-2H3,(H3,9,10). The minimum absolute atomic E-state index is 0.254. The third-order valence-corrected chi connectivity index (χ3v) is 2.57. The van der Waals surface area contributed by atoms with Gasteiger partial charge in [0.15, 0.2) is 0 Å². The molecule has 70 valence electrons. The molecule has 0 aliphatic carbocycles. The SMILES string of the molecule is CC(C)(C(=N)N)N1CCNCC1. The molecule has 12 heavy (non-hydrogen) atoms. The zero-order valence-corrected chi connectivity index (χ0v) is 7.85. The highest BCUT2D eigenvalue weighted by atomic mass is 15.2. The highest BCUT2D eigenvalue weighted by Gasteiger charge is 2.30. The summed E-state index contributed by atoms with van der Waals surface area (Å²) in [7, 11) is 0. The molecule has 0 saturated carbocycles. The molecular weight excluding hydrogens is 152 g/mol. The van der Waals surface area contributed by atoms with E-state index in [1.54, 1.807) is 0 Å². The summed E-state index contributed by atoms with van der Waals surface area (Å²) in [4.78, 5) is 2.24. The zero-order chi connectivity index (χ0) is 9.19. The van der Waals surface area contributed by atoms with Gasteiger partial charge in [-0.25, -0.2) is 0 Å². The van der Waals surface area contributed by atoms with Crippen molar-refractivity contribution in [3.8, 4) is 0 Å². The summed E-state index contributed by atoms with van der Waals surface area (Å²) in [5.41, 5.74) is 5.25. The largest absolute Gasteiger partial charge is 0.386 e. The van der Waals surface area contributed by atoms with Gasteiger partial charge in [-0.05, 0) is 13.8 Å². The Morgan fingerprint density at radius 2 is 1.92 bits per heavy atom. The molecule has 1 aliphatic heterocycles. The minimum Gasteiger partial charge on any atom is -0.386 e. The van der Waals surface area contributed by atoms with Crippen LogP contribution < -0.4 is 11.1 Å². The van der Waals surface area contributed by atoms with Gasteiger partial charge in [-0.3, -0.25) is 10.3 Å². The second-order valence-corrected chi connectivity index (χ2v) is 3.71. The van der Waals surface area contributed by atoms with E-state index in [2.05, 4.69) is 10.2 Å². The number of piperazine rings is 1. The predicted octanol–water partition coefficient (Wildman–Crippen LogP) is -0.394. The normalized spacial score (nSPS) is 20.8. The molecule has 0 radical (unpaired) electrons. The van der Waals surface area contributed by atoms with E-state index >= 15 is 0 Å². The third kappa shape index (κ3) is 1.76. The zero-order valence-electron chi connectivity index (χ0n) is 7.85. The smallest absolute Gasteiger partial charge is 0.111 e. The summed E-state index contributed by atoms with van der Waals surface area (Å²) in [6.07, 6.45) is 0. The molecule has 0 spiro atoms. The maximum Gasteiger partial charge on any atom is 0.111 e. The maximum absolute atomic E-state index is 7.45. The molecule has 0 amide bonds. The van der Waals surface area contributed by atoms with Gasteiger partial charge in [-0.2, -0.15) is 0 Å². The van der Waals surface area contributed by atoms with Crippen molar-refractivity contribution in [3.63, 3.8) is 0 Å². The Balaban J connectivity index is 2.59. The monoisotopic (exact) mass is 170 g/mol. The highest BCUT2D eigenvalue weighted by Crippen LogP contribution is 2.13. The van der Waals surface area contributed by atoms with Crippen LogP contribution in [0.5, 0.6) is 0 Å². The fraction of sp³-hybridized carbons (Fsp3) is 0.875. The van der Waals surface area contributed by atoms with Gasteiger partial charge in [0.05, 0.1) is 5.54 Å². The van der Waals surface area contributed by atoms with Gasteiger partial charge in [-0.15, -0.1) is 0 Å². The lowest BCUT2D eigenvalue weighted by molar-refractivity contribution is 0.154. The molecule has 4 heteroatoms. The van der Waals surface area contributed by atoms with Gasteiger partial charge < -0.3 is 11.1 Å². The molecule has 0 aromatic heterocycles. The number of nitrogens with two attached hydrogens (primary N) is 1. The second-order valence-electron chi connectivity index (χ2n) is 3.71. The Morgan fingerprint density at radius 3 is 2.33 bits per heavy atom. The van der Waals surface area contributed by atoms with Crippen molar-refractivity contribution in [2.75, 3.05) is 26.2 Å². The van der Waals surface area contributed by atoms with Crippen LogP contribution in [0.4, 0.5) is 0 Å². The van der Waals surface area contributed by atoms with Crippen LogP contribution in [-0.4, -0.2) is 42.5 Å². The van der Waals surface area contributed by atoms with Crippen LogP contribution in [-0.2, 0) is 0 Å². The summed E-state index contributed by atoms with van der Waals surface area (Å²) < 4.78 is 0. The van der Waals surface area contributed by atoms with E-state index in [9.17, 15) is 0 Å². The number of amidine groups is 1. The van der Waals surface area contributed by atoms with Crippen molar-refractivity contribution in [1.82, 2.24) is 10.2 Å². The number of nitrogens with zero attached hydrogens (tertiary/aromatic N) is 1. The van der Waals surface area contributed by atoms with Gasteiger partial charge in [0.1, 0.15) is 5.84 Å². The Hall–Kier alpha value is -0.610. The van der Waals surface area contributed by atoms with Gasteiger partial charge in [-0.1, -0.05) is 0 Å². The second kappa shape index (κ2) is 3.41. The first-order chi connectivity index (χ1) is 5.55. The van der Waals surface area contributed by atoms with E-state index in [0.717, 1.165) is 26.2 Å². The van der Waals surface area contributed by atoms with Crippen LogP contribution >= 0.6 is 0 Å². The van der Waals surface area contributed by atoms with Crippen LogP contribution in [0.15, 0.2) is 0 Å². The Bertz CT molecular complexity index is 170. The molecule has 1 aliphatic rings. The van der Waals surface area contributed by atoms with Crippen molar-refractivity contribution in [1.29, 1.82) is 5.41 Å². The van der Waals surface area contributed by atoms with Gasteiger partial charge in [0.25, 0.3) is 0 Å². The molecule has 1 saturated heterocycles. The summed E-state index contributed by atoms with van der Waals surface area (Å²) >= 11 is 0. The van der Waals surface area contributed by atoms with E-state index in [4.69, 9.17) is 11.1 Å². The predicted molar refractivity (Wildman–Crippen MR) is 50.4 cm³/mol. The van der Waals surface area contributed by atoms with E-state index in [0.29, 0.717) is 0 Å². The first-order valence-corrected chi connectivity index (χ1v) is 4.35. The van der Waals surface area contributed by atoms with Crippen LogP contribution in [0.1, 0.15) is 13.8 Å². The first-order valence-electron chi connectivity index (χ1n) is 4.35. The number of hydrogen-bond donors (Lipinski definition) is 3. The maximum atomic E-state index is 7.45. The molecule has 1 fully saturated rings. The number of nitrogens with one attached hydrogen (secondary N) is 2. The fourth-order valence-electron chi connectivity index (χ4n) is 1.39. The van der Waals surface area contributed by atoms with Crippen molar-refractivity contribution in [2.45, 2.75) is 19.4 Å². The average molecular weight is 170 g/mol. The molecule has 0 unspecified atom stereocenters. The van der Waals surface area contributed by atoms with Crippen molar-refractivity contribution in [3.05, 3.63) is 0 Å². The average Bonchev–Trinajstić information content (AvgIpc) is 2.06. The molecule has 1 rings (SSSR count). The quantitative estimate of drug-likeness (QED) is 0.390. The molecule has 0 atom stereocenters. The van der Waals surface area contributed by atoms with E-state index in [1.165, 1.54) is 0 Å². The van der Waals surface area contributed by atoms with Crippen LogP contribution in [0.25, 0.3) is 0 Å². The molecule has 0 aromatic rings. The summed E-state index contributed by atoms with van der Waals surface area (Å²) in [5, 5.41) is 10.7. The van der Waals surface area contributed by atoms with E-state index < -0.39 is 0 Å². The number of rotatable bonds is 2. The van der Waals surface area contributed by atoms with E-state index in [1.807, 2.05) is 13.8 Å². The van der Waals surface area contributed by atoms with Crippen molar-refractivity contribution < 1.29 is 0 Å². The van der Waals surface area contributed by atoms with Crippen molar-refractivity contribution in [2.24, 2.45) is 5.73 Å². The van der Waals surface area contributed by atoms with E-state index in [-0.39, 0.29) is 11.4 Å². The minimum atomic E-state index is -0.276. The third-order valence-electron chi connectivity index (χ3n) is 2.57. The summed E-state index contributed by atoms with van der Waals surface area (Å²) in [6.45, 7) is 7.95. The molecule has 4 N–H and O–H groups in total. The lowest BCUT2D eigenvalue weighted by Crippen LogP contribution is -2.58. The topological polar surface area (TPSA) is 65.1 Å². The Labute approximate surface area is 73.6 Å². The molecule has 1 heterocycles. The fourth-order valence-corrected chi connectivity index (χ4v) is 1.39. The lowest BCUT2D eigenvalue weighted by atomic mass is 10.0. The van der Waals surface area contributed by atoms with Crippen LogP contribution in [0, 0.1) is 5.41 Å². The first kappa shape index (κ1) is 9.48. The Kier molecular flexibility index (Phi) is 2.69. The van der Waals surface area contributed by atoms with Gasteiger partial charge >= 0.3 is 0 Å². The van der Waals surface area contributed by atoms with Gasteiger partial charge in [0, 0.05) is 26.2 Å². The highest BCUT2D eigenvalue weighted by molar-refractivity contribution is 5.86. The molecule has 0 aromatic carbocycles. The van der Waals surface area contributed by atoms with Crippen LogP contribution in [0.3, 0.4) is 0 Å². The molecule has 4 nitrogen and oxygen atoms in total. The molecule has 0 bridgehead atoms. The molecular formula is C8H18N4. The number of hydrogen-bond acceptors (Lipinski definition) is 3.